The molecule has 0 heterocycles. The molecule has 2 rings (SSSR count). The van der Waals surface area contributed by atoms with E-state index in [0.717, 1.165) is 23.1 Å². The van der Waals surface area contributed by atoms with Gasteiger partial charge in [-0.25, -0.2) is 0 Å². The molecule has 0 spiro atoms. The van der Waals surface area contributed by atoms with E-state index in [1.807, 2.05) is 6.08 Å². The lowest BCUT2D eigenvalue weighted by Crippen LogP contribution is -1.91. The van der Waals surface area contributed by atoms with Crippen molar-refractivity contribution in [1.29, 1.82) is 5.26 Å². The van der Waals surface area contributed by atoms with Crippen molar-refractivity contribution in [2.45, 2.75) is 6.42 Å². The summed E-state index contributed by atoms with van der Waals surface area (Å²) < 4.78 is 0. The average Bonchev–Trinajstić information content (AvgIpc) is 2.95. The first kappa shape index (κ1) is 8.77. The van der Waals surface area contributed by atoms with E-state index in [2.05, 4.69) is 25.3 Å². The van der Waals surface area contributed by atoms with E-state index >= 15 is 0 Å². The molecule has 1 saturated carbocycles. The van der Waals surface area contributed by atoms with Gasteiger partial charge in [-0.15, -0.1) is 0 Å². The first-order valence-electron chi connectivity index (χ1n) is 4.62. The first-order chi connectivity index (χ1) is 6.81. The molecule has 1 unspecified atom stereocenters. The summed E-state index contributed by atoms with van der Waals surface area (Å²) in [6.45, 7) is 7.50. The summed E-state index contributed by atoms with van der Waals surface area (Å²) in [6.07, 6.45) is 8.66. The highest BCUT2D eigenvalue weighted by Gasteiger charge is 2.35. The van der Waals surface area contributed by atoms with Gasteiger partial charge in [-0.1, -0.05) is 43.0 Å². The molecule has 2 aliphatic rings. The number of hydrogen-bond donors (Lipinski definition) is 0. The van der Waals surface area contributed by atoms with Crippen molar-refractivity contribution in [2.75, 3.05) is 0 Å². The molecule has 2 aliphatic carbocycles. The van der Waals surface area contributed by atoms with E-state index in [0.29, 0.717) is 5.92 Å². The zero-order valence-corrected chi connectivity index (χ0v) is 7.96. The summed E-state index contributed by atoms with van der Waals surface area (Å²) in [4.78, 5) is 0. The van der Waals surface area contributed by atoms with Gasteiger partial charge in [0.15, 0.2) is 0 Å². The van der Waals surface area contributed by atoms with Crippen LogP contribution in [0.5, 0.6) is 0 Å². The van der Waals surface area contributed by atoms with E-state index in [1.165, 1.54) is 5.57 Å². The molecule has 0 aliphatic heterocycles. The first-order valence-corrected chi connectivity index (χ1v) is 4.62. The third-order valence-electron chi connectivity index (χ3n) is 2.70. The number of hydrogen-bond acceptors (Lipinski definition) is 1. The Morgan fingerprint density at radius 2 is 2.14 bits per heavy atom. The Hall–Kier alpha value is -1.81. The SMILES string of the molecule is C=CC1=CC=C2CC2C(C#N)=C1C=C. The summed E-state index contributed by atoms with van der Waals surface area (Å²) in [5.74, 6) is 0.349. The monoisotopic (exact) mass is 181 g/mol. The van der Waals surface area contributed by atoms with Gasteiger partial charge < -0.3 is 0 Å². The minimum Gasteiger partial charge on any atom is -0.193 e. The summed E-state index contributed by atoms with van der Waals surface area (Å²) in [6, 6.07) is 2.28. The molecule has 1 nitrogen and oxygen atoms in total. The van der Waals surface area contributed by atoms with Gasteiger partial charge in [0, 0.05) is 11.5 Å². The minimum atomic E-state index is 0.349. The van der Waals surface area contributed by atoms with Crippen LogP contribution in [0, 0.1) is 17.2 Å². The highest BCUT2D eigenvalue weighted by Crippen LogP contribution is 2.47. The van der Waals surface area contributed by atoms with Crippen molar-refractivity contribution in [3.8, 4) is 6.07 Å². The van der Waals surface area contributed by atoms with Gasteiger partial charge in [-0.05, 0) is 17.6 Å². The molecule has 0 aromatic heterocycles. The molecule has 1 heteroatoms. The lowest BCUT2D eigenvalue weighted by Gasteiger charge is -2.04. The minimum absolute atomic E-state index is 0.349. The molecule has 14 heavy (non-hydrogen) atoms. The van der Waals surface area contributed by atoms with Gasteiger partial charge >= 0.3 is 0 Å². The predicted octanol–water partition coefficient (Wildman–Crippen LogP) is 3.06. The maximum absolute atomic E-state index is 9.08. The topological polar surface area (TPSA) is 23.8 Å². The van der Waals surface area contributed by atoms with Crippen molar-refractivity contribution in [1.82, 2.24) is 0 Å². The third kappa shape index (κ3) is 1.16. The van der Waals surface area contributed by atoms with Gasteiger partial charge in [-0.2, -0.15) is 5.26 Å². The maximum atomic E-state index is 9.08. The van der Waals surface area contributed by atoms with Crippen molar-refractivity contribution < 1.29 is 0 Å². The van der Waals surface area contributed by atoms with Gasteiger partial charge in [0.05, 0.1) is 6.07 Å². The van der Waals surface area contributed by atoms with Crippen molar-refractivity contribution in [2.24, 2.45) is 5.92 Å². The molecule has 0 aromatic rings. The zero-order chi connectivity index (χ0) is 10.1. The molecule has 0 bridgehead atoms. The fourth-order valence-electron chi connectivity index (χ4n) is 1.82. The second-order valence-corrected chi connectivity index (χ2v) is 3.47. The fraction of sp³-hybridized carbons (Fsp3) is 0.154. The van der Waals surface area contributed by atoms with Crippen LogP contribution in [0.3, 0.4) is 0 Å². The van der Waals surface area contributed by atoms with E-state index < -0.39 is 0 Å². The molecule has 0 aromatic carbocycles. The highest BCUT2D eigenvalue weighted by atomic mass is 14.4. The van der Waals surface area contributed by atoms with Gasteiger partial charge in [0.1, 0.15) is 0 Å². The van der Waals surface area contributed by atoms with Crippen LogP contribution in [-0.4, -0.2) is 0 Å². The van der Waals surface area contributed by atoms with Gasteiger partial charge in [-0.3, -0.25) is 0 Å². The van der Waals surface area contributed by atoms with E-state index in [1.54, 1.807) is 12.2 Å². The standard InChI is InChI=1S/C13H11N/c1-3-9-5-6-10-7-12(10)13(8-14)11(9)4-2/h3-6,12H,1-2,7H2. The molecular weight excluding hydrogens is 170 g/mol. The summed E-state index contributed by atoms with van der Waals surface area (Å²) in [7, 11) is 0. The molecule has 0 N–H and O–H groups in total. The van der Waals surface area contributed by atoms with Crippen LogP contribution in [0.15, 0.2) is 59.8 Å². The van der Waals surface area contributed by atoms with E-state index in [4.69, 9.17) is 5.26 Å². The van der Waals surface area contributed by atoms with E-state index in [-0.39, 0.29) is 0 Å². The number of fused-ring (bicyclic) bond motifs is 1. The van der Waals surface area contributed by atoms with Gasteiger partial charge in [0.2, 0.25) is 0 Å². The molecular formula is C13H11N. The van der Waals surface area contributed by atoms with Crippen LogP contribution in [0.25, 0.3) is 0 Å². The molecule has 0 radical (unpaired) electrons. The van der Waals surface area contributed by atoms with Crippen LogP contribution in [0.1, 0.15) is 6.42 Å². The number of allylic oxidation sites excluding steroid dienone is 8. The smallest absolute Gasteiger partial charge is 0.0960 e. The third-order valence-corrected chi connectivity index (χ3v) is 2.70. The zero-order valence-electron chi connectivity index (χ0n) is 7.96. The number of nitriles is 1. The van der Waals surface area contributed by atoms with Crippen molar-refractivity contribution in [3.63, 3.8) is 0 Å². The van der Waals surface area contributed by atoms with Crippen molar-refractivity contribution in [3.05, 3.63) is 59.8 Å². The Balaban J connectivity index is 2.60. The second kappa shape index (κ2) is 3.16. The summed E-state index contributed by atoms with van der Waals surface area (Å²) in [5.41, 5.74) is 4.13. The fourth-order valence-corrected chi connectivity index (χ4v) is 1.82. The lowest BCUT2D eigenvalue weighted by atomic mass is 9.98. The van der Waals surface area contributed by atoms with Crippen LogP contribution in [0.2, 0.25) is 0 Å². The molecule has 68 valence electrons. The van der Waals surface area contributed by atoms with E-state index in [9.17, 15) is 0 Å². The summed E-state index contributed by atoms with van der Waals surface area (Å²) >= 11 is 0. The largest absolute Gasteiger partial charge is 0.193 e. The lowest BCUT2D eigenvalue weighted by molar-refractivity contribution is 1.07. The van der Waals surface area contributed by atoms with Crippen molar-refractivity contribution >= 4 is 0 Å². The van der Waals surface area contributed by atoms with Crippen LogP contribution in [-0.2, 0) is 0 Å². The molecule has 1 fully saturated rings. The Labute approximate surface area is 84.1 Å². The van der Waals surface area contributed by atoms with Crippen LogP contribution < -0.4 is 0 Å². The maximum Gasteiger partial charge on any atom is 0.0960 e. The quantitative estimate of drug-likeness (QED) is 0.642. The Morgan fingerprint density at radius 3 is 2.71 bits per heavy atom. The average molecular weight is 181 g/mol. The van der Waals surface area contributed by atoms with Gasteiger partial charge in [0.25, 0.3) is 0 Å². The van der Waals surface area contributed by atoms with Crippen LogP contribution in [0.4, 0.5) is 0 Å². The molecule has 0 amide bonds. The number of nitrogens with zero attached hydrogens (tertiary/aromatic N) is 1. The molecule has 1 atom stereocenters. The summed E-state index contributed by atoms with van der Waals surface area (Å²) in [5, 5.41) is 9.08. The van der Waals surface area contributed by atoms with Crippen LogP contribution >= 0.6 is 0 Å². The molecule has 0 saturated heterocycles. The highest BCUT2D eigenvalue weighted by molar-refractivity contribution is 5.60. The Morgan fingerprint density at radius 1 is 1.36 bits per heavy atom. The Bertz CT molecular complexity index is 438. The Kier molecular flexibility index (Phi) is 1.98. The normalized spacial score (nSPS) is 23.8. The predicted molar refractivity (Wildman–Crippen MR) is 57.3 cm³/mol. The second-order valence-electron chi connectivity index (χ2n) is 3.47. The number of rotatable bonds is 2.